The van der Waals surface area contributed by atoms with Crippen LogP contribution >= 0.6 is 0 Å². The average Bonchev–Trinajstić information content (AvgIpc) is 2.30. The van der Waals surface area contributed by atoms with E-state index in [2.05, 4.69) is 0 Å². The lowest BCUT2D eigenvalue weighted by Gasteiger charge is -2.22. The normalized spacial score (nSPS) is 24.6. The van der Waals surface area contributed by atoms with Gasteiger partial charge >= 0.3 is 6.09 Å². The van der Waals surface area contributed by atoms with Crippen molar-refractivity contribution in [1.29, 1.82) is 0 Å². The number of hydrogen-bond donors (Lipinski definition) is 2. The molecule has 1 aliphatic rings. The topological polar surface area (TPSA) is 75.8 Å². The summed E-state index contributed by atoms with van der Waals surface area (Å²) >= 11 is 0. The Hall–Kier alpha value is -0.810. The minimum absolute atomic E-state index is 0.0787. The highest BCUT2D eigenvalue weighted by Gasteiger charge is 2.21. The molecule has 1 amide bonds. The van der Waals surface area contributed by atoms with Gasteiger partial charge in [0.15, 0.2) is 0 Å². The summed E-state index contributed by atoms with van der Waals surface area (Å²) in [6.07, 6.45) is 1.30. The summed E-state index contributed by atoms with van der Waals surface area (Å²) in [7, 11) is 0. The second-order valence-electron chi connectivity index (χ2n) is 2.89. The van der Waals surface area contributed by atoms with E-state index in [-0.39, 0.29) is 6.04 Å². The Balaban J connectivity index is 2.42. The van der Waals surface area contributed by atoms with Crippen LogP contribution in [0.25, 0.3) is 0 Å². The van der Waals surface area contributed by atoms with Gasteiger partial charge in [0.2, 0.25) is 0 Å². The summed E-state index contributed by atoms with van der Waals surface area (Å²) in [5.41, 5.74) is 0. The van der Waals surface area contributed by atoms with Crippen molar-refractivity contribution < 1.29 is 14.6 Å². The summed E-state index contributed by atoms with van der Waals surface area (Å²) in [5, 5.41) is 9.47. The Kier molecular flexibility index (Phi) is 3.31. The van der Waals surface area contributed by atoms with Gasteiger partial charge in [-0.2, -0.15) is 0 Å². The van der Waals surface area contributed by atoms with Gasteiger partial charge in [-0.3, -0.25) is 0 Å². The smallest absolute Gasteiger partial charge is 0.421 e. The molecule has 0 bridgehead atoms. The third-order valence-corrected chi connectivity index (χ3v) is 2.04. The Morgan fingerprint density at radius 3 is 2.92 bits per heavy atom. The first-order valence-electron chi connectivity index (χ1n) is 4.06. The standard InChI is InChI=1S/C7H14N2O3/c8-9(7(10)11)6-2-1-4-12-5-3-6/h6H,1-5,8H2,(H,10,11). The number of hydrazine groups is 1. The maximum atomic E-state index is 10.5. The van der Waals surface area contributed by atoms with Gasteiger partial charge in [-0.05, 0) is 19.3 Å². The highest BCUT2D eigenvalue weighted by Crippen LogP contribution is 2.12. The molecular formula is C7H14N2O3. The maximum Gasteiger partial charge on any atom is 0.421 e. The van der Waals surface area contributed by atoms with Crippen molar-refractivity contribution in [2.75, 3.05) is 13.2 Å². The predicted molar refractivity (Wildman–Crippen MR) is 42.5 cm³/mol. The molecule has 1 atom stereocenters. The fourth-order valence-corrected chi connectivity index (χ4v) is 1.32. The minimum atomic E-state index is -1.07. The quantitative estimate of drug-likeness (QED) is 0.343. The number of carbonyl (C=O) groups is 1. The lowest BCUT2D eigenvalue weighted by atomic mass is 10.1. The fraction of sp³-hybridized carbons (Fsp3) is 0.857. The van der Waals surface area contributed by atoms with Crippen LogP contribution in [-0.2, 0) is 4.74 Å². The van der Waals surface area contributed by atoms with Gasteiger partial charge in [-0.15, -0.1) is 0 Å². The molecule has 1 rings (SSSR count). The zero-order chi connectivity index (χ0) is 8.97. The van der Waals surface area contributed by atoms with E-state index in [1.165, 1.54) is 0 Å². The van der Waals surface area contributed by atoms with E-state index in [4.69, 9.17) is 15.7 Å². The third-order valence-electron chi connectivity index (χ3n) is 2.04. The number of nitrogens with two attached hydrogens (primary N) is 1. The molecule has 0 aliphatic carbocycles. The molecule has 1 saturated heterocycles. The zero-order valence-electron chi connectivity index (χ0n) is 6.90. The van der Waals surface area contributed by atoms with Crippen LogP contribution in [0.15, 0.2) is 0 Å². The monoisotopic (exact) mass is 174 g/mol. The number of amides is 1. The third kappa shape index (κ3) is 2.35. The SMILES string of the molecule is NN(C(=O)O)C1CCCOCC1. The lowest BCUT2D eigenvalue weighted by molar-refractivity contribution is 0.110. The lowest BCUT2D eigenvalue weighted by Crippen LogP contribution is -2.44. The summed E-state index contributed by atoms with van der Waals surface area (Å²) in [4.78, 5) is 10.5. The number of carboxylic acid groups (broad SMARTS) is 1. The number of nitrogens with zero attached hydrogens (tertiary/aromatic N) is 1. The molecule has 0 radical (unpaired) electrons. The van der Waals surface area contributed by atoms with Gasteiger partial charge < -0.3 is 9.84 Å². The molecule has 12 heavy (non-hydrogen) atoms. The minimum Gasteiger partial charge on any atom is -0.464 e. The van der Waals surface area contributed by atoms with Crippen LogP contribution in [-0.4, -0.2) is 35.5 Å². The van der Waals surface area contributed by atoms with E-state index in [1.807, 2.05) is 0 Å². The van der Waals surface area contributed by atoms with E-state index < -0.39 is 6.09 Å². The summed E-state index contributed by atoms with van der Waals surface area (Å²) < 4.78 is 5.18. The Morgan fingerprint density at radius 2 is 2.25 bits per heavy atom. The second-order valence-corrected chi connectivity index (χ2v) is 2.89. The van der Waals surface area contributed by atoms with E-state index in [0.29, 0.717) is 19.6 Å². The molecule has 0 saturated carbocycles. The second kappa shape index (κ2) is 4.27. The molecule has 70 valence electrons. The fourth-order valence-electron chi connectivity index (χ4n) is 1.32. The summed E-state index contributed by atoms with van der Waals surface area (Å²) in [5.74, 6) is 5.34. The molecule has 0 aromatic carbocycles. The Bertz CT molecular complexity index is 155. The van der Waals surface area contributed by atoms with Crippen LogP contribution < -0.4 is 5.84 Å². The van der Waals surface area contributed by atoms with Gasteiger partial charge in [0.05, 0.1) is 6.04 Å². The molecule has 1 fully saturated rings. The van der Waals surface area contributed by atoms with Crippen LogP contribution in [0, 0.1) is 0 Å². The van der Waals surface area contributed by atoms with Crippen molar-refractivity contribution in [1.82, 2.24) is 5.01 Å². The van der Waals surface area contributed by atoms with E-state index in [1.54, 1.807) is 0 Å². The number of rotatable bonds is 1. The van der Waals surface area contributed by atoms with E-state index in [9.17, 15) is 4.79 Å². The Labute approximate surface area is 71.1 Å². The molecule has 0 spiro atoms. The van der Waals surface area contributed by atoms with Gasteiger partial charge in [0.1, 0.15) is 0 Å². The van der Waals surface area contributed by atoms with Crippen LogP contribution in [0.2, 0.25) is 0 Å². The van der Waals surface area contributed by atoms with Crippen molar-refractivity contribution in [2.45, 2.75) is 25.3 Å². The van der Waals surface area contributed by atoms with Crippen LogP contribution in [0.1, 0.15) is 19.3 Å². The molecule has 1 heterocycles. The molecule has 0 aromatic heterocycles. The van der Waals surface area contributed by atoms with Gasteiger partial charge in [0.25, 0.3) is 0 Å². The number of hydrogen-bond acceptors (Lipinski definition) is 3. The molecular weight excluding hydrogens is 160 g/mol. The molecule has 5 nitrogen and oxygen atoms in total. The first-order chi connectivity index (χ1) is 5.72. The Morgan fingerprint density at radius 1 is 1.50 bits per heavy atom. The van der Waals surface area contributed by atoms with Crippen molar-refractivity contribution in [3.8, 4) is 0 Å². The molecule has 1 unspecified atom stereocenters. The van der Waals surface area contributed by atoms with Crippen molar-refractivity contribution in [2.24, 2.45) is 5.84 Å². The average molecular weight is 174 g/mol. The van der Waals surface area contributed by atoms with Gasteiger partial charge in [-0.25, -0.2) is 15.6 Å². The van der Waals surface area contributed by atoms with Gasteiger partial charge in [-0.1, -0.05) is 0 Å². The van der Waals surface area contributed by atoms with Gasteiger partial charge in [0, 0.05) is 13.2 Å². The molecule has 3 N–H and O–H groups in total. The zero-order valence-corrected chi connectivity index (χ0v) is 6.90. The van der Waals surface area contributed by atoms with Crippen molar-refractivity contribution in [3.63, 3.8) is 0 Å². The predicted octanol–water partition coefficient (Wildman–Crippen LogP) is 0.409. The van der Waals surface area contributed by atoms with Crippen LogP contribution in [0.4, 0.5) is 4.79 Å². The molecule has 1 aliphatic heterocycles. The summed E-state index contributed by atoms with van der Waals surface area (Å²) in [6.45, 7) is 1.32. The molecule has 5 heteroatoms. The molecule has 0 aromatic rings. The van der Waals surface area contributed by atoms with Crippen molar-refractivity contribution >= 4 is 6.09 Å². The first-order valence-corrected chi connectivity index (χ1v) is 4.06. The van der Waals surface area contributed by atoms with E-state index >= 15 is 0 Å². The largest absolute Gasteiger partial charge is 0.464 e. The highest BCUT2D eigenvalue weighted by molar-refractivity contribution is 5.64. The number of ether oxygens (including phenoxy) is 1. The summed E-state index contributed by atoms with van der Waals surface area (Å²) in [6, 6.07) is -0.0787. The van der Waals surface area contributed by atoms with Crippen LogP contribution in [0.5, 0.6) is 0 Å². The maximum absolute atomic E-state index is 10.5. The van der Waals surface area contributed by atoms with Crippen LogP contribution in [0.3, 0.4) is 0 Å². The van der Waals surface area contributed by atoms with Crippen molar-refractivity contribution in [3.05, 3.63) is 0 Å². The van der Waals surface area contributed by atoms with E-state index in [0.717, 1.165) is 17.9 Å². The first kappa shape index (κ1) is 9.28. The highest BCUT2D eigenvalue weighted by atomic mass is 16.5.